The summed E-state index contributed by atoms with van der Waals surface area (Å²) in [5.41, 5.74) is 1.32. The van der Waals surface area contributed by atoms with E-state index in [0.717, 1.165) is 18.7 Å². The minimum absolute atomic E-state index is 0.255. The van der Waals surface area contributed by atoms with Crippen molar-refractivity contribution in [2.24, 2.45) is 0 Å². The van der Waals surface area contributed by atoms with E-state index in [0.29, 0.717) is 11.8 Å². The van der Waals surface area contributed by atoms with Gasteiger partial charge in [0.15, 0.2) is 0 Å². The molecule has 0 spiro atoms. The SMILES string of the molecule is COc1ccc(CN2CCCCC2CCN2CCCC2)cc1C(=O)O. The molecule has 1 aromatic carbocycles. The molecule has 138 valence electrons. The van der Waals surface area contributed by atoms with Gasteiger partial charge in [-0.15, -0.1) is 0 Å². The molecule has 0 saturated carbocycles. The van der Waals surface area contributed by atoms with E-state index in [2.05, 4.69) is 9.80 Å². The van der Waals surface area contributed by atoms with Crippen LogP contribution in [0.1, 0.15) is 54.4 Å². The van der Waals surface area contributed by atoms with Crippen molar-refractivity contribution in [2.75, 3.05) is 33.3 Å². The van der Waals surface area contributed by atoms with E-state index in [1.165, 1.54) is 65.3 Å². The topological polar surface area (TPSA) is 53.0 Å². The monoisotopic (exact) mass is 346 g/mol. The Hall–Kier alpha value is -1.59. The van der Waals surface area contributed by atoms with Crippen LogP contribution >= 0.6 is 0 Å². The number of ether oxygens (including phenoxy) is 1. The number of hydrogen-bond acceptors (Lipinski definition) is 4. The molecule has 3 rings (SSSR count). The number of benzene rings is 1. The summed E-state index contributed by atoms with van der Waals surface area (Å²) < 4.78 is 5.17. The lowest BCUT2D eigenvalue weighted by atomic mass is 9.98. The number of methoxy groups -OCH3 is 1. The molecule has 2 heterocycles. The van der Waals surface area contributed by atoms with E-state index in [1.54, 1.807) is 12.1 Å². The van der Waals surface area contributed by atoms with Gasteiger partial charge >= 0.3 is 5.97 Å². The molecule has 1 aromatic rings. The maximum atomic E-state index is 11.4. The zero-order valence-corrected chi connectivity index (χ0v) is 15.2. The molecule has 2 saturated heterocycles. The molecule has 5 nitrogen and oxygen atoms in total. The van der Waals surface area contributed by atoms with Gasteiger partial charge in [0.25, 0.3) is 0 Å². The lowest BCUT2D eigenvalue weighted by Crippen LogP contribution is -2.41. The van der Waals surface area contributed by atoms with Crippen LogP contribution < -0.4 is 4.74 Å². The van der Waals surface area contributed by atoms with Crippen LogP contribution in [-0.2, 0) is 6.54 Å². The van der Waals surface area contributed by atoms with E-state index in [1.807, 2.05) is 6.07 Å². The molecule has 25 heavy (non-hydrogen) atoms. The van der Waals surface area contributed by atoms with E-state index in [9.17, 15) is 9.90 Å². The van der Waals surface area contributed by atoms with Crippen molar-refractivity contribution in [1.82, 2.24) is 9.80 Å². The molecule has 1 unspecified atom stereocenters. The lowest BCUT2D eigenvalue weighted by Gasteiger charge is -2.36. The molecule has 0 aliphatic carbocycles. The van der Waals surface area contributed by atoms with Gasteiger partial charge in [-0.2, -0.15) is 0 Å². The Bertz CT molecular complexity index is 584. The first kappa shape index (κ1) is 18.2. The molecular formula is C20H30N2O3. The van der Waals surface area contributed by atoms with Gasteiger partial charge in [-0.25, -0.2) is 4.79 Å². The Labute approximate surface area is 150 Å². The van der Waals surface area contributed by atoms with Gasteiger partial charge in [0.05, 0.1) is 7.11 Å². The van der Waals surface area contributed by atoms with Crippen molar-refractivity contribution in [3.63, 3.8) is 0 Å². The summed E-state index contributed by atoms with van der Waals surface area (Å²) in [6.45, 7) is 5.65. The molecule has 1 N–H and O–H groups in total. The third kappa shape index (κ3) is 4.73. The van der Waals surface area contributed by atoms with Gasteiger partial charge in [-0.05, 0) is 76.0 Å². The minimum Gasteiger partial charge on any atom is -0.496 e. The summed E-state index contributed by atoms with van der Waals surface area (Å²) in [6.07, 6.45) is 7.72. The molecule has 0 bridgehead atoms. The number of carbonyl (C=O) groups is 1. The molecule has 0 radical (unpaired) electrons. The summed E-state index contributed by atoms with van der Waals surface area (Å²) in [5.74, 6) is -0.497. The van der Waals surface area contributed by atoms with Crippen molar-refractivity contribution in [2.45, 2.75) is 51.1 Å². The molecule has 2 aliphatic heterocycles. The second-order valence-electron chi connectivity index (χ2n) is 7.30. The third-order valence-corrected chi connectivity index (χ3v) is 5.61. The summed E-state index contributed by atoms with van der Waals surface area (Å²) in [4.78, 5) is 16.6. The van der Waals surface area contributed by atoms with Crippen LogP contribution in [0.15, 0.2) is 18.2 Å². The largest absolute Gasteiger partial charge is 0.496 e. The van der Waals surface area contributed by atoms with Gasteiger partial charge < -0.3 is 14.7 Å². The molecular weight excluding hydrogens is 316 g/mol. The van der Waals surface area contributed by atoms with Crippen molar-refractivity contribution in [3.05, 3.63) is 29.3 Å². The van der Waals surface area contributed by atoms with Crippen molar-refractivity contribution >= 4 is 5.97 Å². The normalized spacial score (nSPS) is 22.2. The highest BCUT2D eigenvalue weighted by atomic mass is 16.5. The van der Waals surface area contributed by atoms with Crippen molar-refractivity contribution in [1.29, 1.82) is 0 Å². The molecule has 1 atom stereocenters. The minimum atomic E-state index is -0.928. The number of nitrogens with zero attached hydrogens (tertiary/aromatic N) is 2. The van der Waals surface area contributed by atoms with Crippen LogP contribution in [-0.4, -0.2) is 60.2 Å². The number of aromatic carboxylic acids is 1. The maximum Gasteiger partial charge on any atom is 0.339 e. The van der Waals surface area contributed by atoms with Crippen LogP contribution in [0.25, 0.3) is 0 Å². The first-order chi connectivity index (χ1) is 12.2. The van der Waals surface area contributed by atoms with Crippen LogP contribution in [0, 0.1) is 0 Å². The predicted molar refractivity (Wildman–Crippen MR) is 98.3 cm³/mol. The van der Waals surface area contributed by atoms with Gasteiger partial charge in [0.2, 0.25) is 0 Å². The Morgan fingerprint density at radius 1 is 1.20 bits per heavy atom. The average Bonchev–Trinajstić information content (AvgIpc) is 3.14. The lowest BCUT2D eigenvalue weighted by molar-refractivity contribution is 0.0693. The highest BCUT2D eigenvalue weighted by molar-refractivity contribution is 5.91. The van der Waals surface area contributed by atoms with Crippen molar-refractivity contribution in [3.8, 4) is 5.75 Å². The Morgan fingerprint density at radius 3 is 2.68 bits per heavy atom. The standard InChI is InChI=1S/C20H30N2O3/c1-25-19-8-7-16(14-18(19)20(23)24)15-22-12-3-2-6-17(22)9-13-21-10-4-5-11-21/h7-8,14,17H,2-6,9-13,15H2,1H3,(H,23,24). The van der Waals surface area contributed by atoms with E-state index in [-0.39, 0.29) is 5.56 Å². The van der Waals surface area contributed by atoms with Gasteiger partial charge in [0.1, 0.15) is 11.3 Å². The molecule has 5 heteroatoms. The fourth-order valence-electron chi connectivity index (χ4n) is 4.19. The second-order valence-corrected chi connectivity index (χ2v) is 7.30. The number of likely N-dealkylation sites (tertiary alicyclic amines) is 2. The molecule has 0 amide bonds. The molecule has 0 aromatic heterocycles. The quantitative estimate of drug-likeness (QED) is 0.821. The highest BCUT2D eigenvalue weighted by Crippen LogP contribution is 2.25. The van der Waals surface area contributed by atoms with Gasteiger partial charge in [-0.3, -0.25) is 4.90 Å². The van der Waals surface area contributed by atoms with Gasteiger partial charge in [0, 0.05) is 12.6 Å². The first-order valence-corrected chi connectivity index (χ1v) is 9.54. The van der Waals surface area contributed by atoms with Crippen LogP contribution in [0.5, 0.6) is 5.75 Å². The zero-order chi connectivity index (χ0) is 17.6. The third-order valence-electron chi connectivity index (χ3n) is 5.61. The summed E-state index contributed by atoms with van der Waals surface area (Å²) in [6, 6.07) is 6.16. The Balaban J connectivity index is 1.64. The van der Waals surface area contributed by atoms with Gasteiger partial charge in [-0.1, -0.05) is 12.5 Å². The van der Waals surface area contributed by atoms with Crippen LogP contribution in [0.3, 0.4) is 0 Å². The number of carboxylic acid groups (broad SMARTS) is 1. The summed E-state index contributed by atoms with van der Waals surface area (Å²) in [5, 5.41) is 9.39. The first-order valence-electron chi connectivity index (χ1n) is 9.54. The average molecular weight is 346 g/mol. The second kappa shape index (κ2) is 8.68. The van der Waals surface area contributed by atoms with E-state index in [4.69, 9.17) is 4.74 Å². The fraction of sp³-hybridized carbons (Fsp3) is 0.650. The van der Waals surface area contributed by atoms with E-state index < -0.39 is 5.97 Å². The Kier molecular flexibility index (Phi) is 6.32. The maximum absolute atomic E-state index is 11.4. The predicted octanol–water partition coefficient (Wildman–Crippen LogP) is 3.23. The van der Waals surface area contributed by atoms with Crippen LogP contribution in [0.4, 0.5) is 0 Å². The van der Waals surface area contributed by atoms with Crippen LogP contribution in [0.2, 0.25) is 0 Å². The summed E-state index contributed by atoms with van der Waals surface area (Å²) >= 11 is 0. The molecule has 2 fully saturated rings. The van der Waals surface area contributed by atoms with E-state index >= 15 is 0 Å². The zero-order valence-electron chi connectivity index (χ0n) is 15.2. The number of hydrogen-bond donors (Lipinski definition) is 1. The summed E-state index contributed by atoms with van der Waals surface area (Å²) in [7, 11) is 1.51. The number of carboxylic acids is 1. The van der Waals surface area contributed by atoms with Crippen molar-refractivity contribution < 1.29 is 14.6 Å². The molecule has 2 aliphatic rings. The highest BCUT2D eigenvalue weighted by Gasteiger charge is 2.24. The number of piperidine rings is 1. The fourth-order valence-corrected chi connectivity index (χ4v) is 4.19. The Morgan fingerprint density at radius 2 is 1.96 bits per heavy atom. The smallest absolute Gasteiger partial charge is 0.339 e. The number of rotatable bonds is 7.